The third-order valence-corrected chi connectivity index (χ3v) is 3.34. The summed E-state index contributed by atoms with van der Waals surface area (Å²) in [5.41, 5.74) is 0. The molecule has 2 aliphatic heterocycles. The third kappa shape index (κ3) is 1.64. The van der Waals surface area contributed by atoms with E-state index in [1.54, 1.807) is 0 Å². The molecule has 1 amide bonds. The minimum Gasteiger partial charge on any atom is -0.381 e. The zero-order valence-corrected chi connectivity index (χ0v) is 8.82. The number of nitrogens with one attached hydrogen (secondary N) is 1. The number of rotatable bonds is 2. The topological polar surface area (TPSA) is 41.6 Å². The van der Waals surface area contributed by atoms with Crippen molar-refractivity contribution in [3.63, 3.8) is 0 Å². The second-order valence-corrected chi connectivity index (χ2v) is 4.22. The lowest BCUT2D eigenvalue weighted by atomic mass is 9.99. The molecule has 14 heavy (non-hydrogen) atoms. The van der Waals surface area contributed by atoms with Gasteiger partial charge in [0.25, 0.3) is 0 Å². The Morgan fingerprint density at radius 3 is 2.93 bits per heavy atom. The predicted molar refractivity (Wildman–Crippen MR) is 52.7 cm³/mol. The van der Waals surface area contributed by atoms with Crippen molar-refractivity contribution in [1.29, 1.82) is 0 Å². The van der Waals surface area contributed by atoms with Crippen LogP contribution in [0.5, 0.6) is 0 Å². The number of carbonyl (C=O) groups is 1. The van der Waals surface area contributed by atoms with Gasteiger partial charge in [-0.3, -0.25) is 10.1 Å². The maximum absolute atomic E-state index is 11.6. The average molecular weight is 198 g/mol. The lowest BCUT2D eigenvalue weighted by Crippen LogP contribution is -2.45. The van der Waals surface area contributed by atoms with Gasteiger partial charge in [0.1, 0.15) is 0 Å². The van der Waals surface area contributed by atoms with Gasteiger partial charge < -0.3 is 9.64 Å². The molecule has 2 aliphatic rings. The molecule has 0 saturated carbocycles. The van der Waals surface area contributed by atoms with Gasteiger partial charge in [0.15, 0.2) is 0 Å². The molecular formula is C10H18N2O2. The van der Waals surface area contributed by atoms with E-state index in [4.69, 9.17) is 4.74 Å². The lowest BCUT2D eigenvalue weighted by Gasteiger charge is -2.31. The van der Waals surface area contributed by atoms with Crippen LogP contribution in [-0.2, 0) is 9.53 Å². The molecule has 80 valence electrons. The van der Waals surface area contributed by atoms with Crippen LogP contribution >= 0.6 is 0 Å². The summed E-state index contributed by atoms with van der Waals surface area (Å²) in [6.07, 6.45) is 1.26. The Morgan fingerprint density at radius 2 is 2.43 bits per heavy atom. The first-order chi connectivity index (χ1) is 6.70. The third-order valence-electron chi connectivity index (χ3n) is 3.34. The highest BCUT2D eigenvalue weighted by molar-refractivity contribution is 5.80. The van der Waals surface area contributed by atoms with Crippen molar-refractivity contribution in [2.75, 3.05) is 19.8 Å². The molecule has 0 spiro atoms. The number of hydrogen-bond donors (Lipinski definition) is 1. The lowest BCUT2D eigenvalue weighted by molar-refractivity contribution is -0.130. The first-order valence-electron chi connectivity index (χ1n) is 5.32. The fourth-order valence-corrected chi connectivity index (χ4v) is 2.38. The Labute approximate surface area is 84.6 Å². The molecule has 3 unspecified atom stereocenters. The van der Waals surface area contributed by atoms with E-state index in [-0.39, 0.29) is 12.1 Å². The quantitative estimate of drug-likeness (QED) is 0.688. The number of amides is 1. The fraction of sp³-hybridized carbons (Fsp3) is 0.900. The van der Waals surface area contributed by atoms with E-state index in [9.17, 15) is 4.79 Å². The van der Waals surface area contributed by atoms with E-state index in [2.05, 4.69) is 12.2 Å². The summed E-state index contributed by atoms with van der Waals surface area (Å²) in [4.78, 5) is 13.6. The molecule has 4 heteroatoms. The summed E-state index contributed by atoms with van der Waals surface area (Å²) >= 11 is 0. The molecule has 2 heterocycles. The maximum Gasteiger partial charge on any atom is 0.238 e. The molecule has 2 fully saturated rings. The number of ether oxygens (including phenoxy) is 1. The van der Waals surface area contributed by atoms with E-state index < -0.39 is 0 Å². The van der Waals surface area contributed by atoms with Gasteiger partial charge in [-0.2, -0.15) is 0 Å². The van der Waals surface area contributed by atoms with Crippen LogP contribution in [0.3, 0.4) is 0 Å². The number of nitrogens with zero attached hydrogens (tertiary/aromatic N) is 1. The molecule has 0 aliphatic carbocycles. The highest BCUT2D eigenvalue weighted by Gasteiger charge is 2.35. The van der Waals surface area contributed by atoms with E-state index in [1.807, 2.05) is 11.8 Å². The van der Waals surface area contributed by atoms with Gasteiger partial charge in [-0.05, 0) is 20.3 Å². The Balaban J connectivity index is 2.01. The van der Waals surface area contributed by atoms with Crippen LogP contribution in [0.25, 0.3) is 0 Å². The van der Waals surface area contributed by atoms with Crippen LogP contribution in [0, 0.1) is 5.92 Å². The Kier molecular flexibility index (Phi) is 2.74. The standard InChI is InChI=1S/C10H18N2O2/c1-7(9-3-4-14-6-9)12-8(2)11-5-10(12)13/h7-9,11H,3-6H2,1-2H3. The zero-order valence-electron chi connectivity index (χ0n) is 8.82. The first-order valence-corrected chi connectivity index (χ1v) is 5.32. The van der Waals surface area contributed by atoms with Gasteiger partial charge in [0.2, 0.25) is 5.91 Å². The zero-order chi connectivity index (χ0) is 10.1. The maximum atomic E-state index is 11.6. The summed E-state index contributed by atoms with van der Waals surface area (Å²) in [6, 6.07) is 0.301. The number of hydrogen-bond acceptors (Lipinski definition) is 3. The van der Waals surface area contributed by atoms with Gasteiger partial charge in [-0.1, -0.05) is 0 Å². The van der Waals surface area contributed by atoms with Crippen molar-refractivity contribution in [2.45, 2.75) is 32.5 Å². The summed E-state index contributed by atoms with van der Waals surface area (Å²) < 4.78 is 5.35. The van der Waals surface area contributed by atoms with Crippen molar-refractivity contribution < 1.29 is 9.53 Å². The minimum absolute atomic E-state index is 0.179. The van der Waals surface area contributed by atoms with Gasteiger partial charge in [0, 0.05) is 18.6 Å². The van der Waals surface area contributed by atoms with E-state index in [0.29, 0.717) is 18.5 Å². The largest absolute Gasteiger partial charge is 0.381 e. The smallest absolute Gasteiger partial charge is 0.238 e. The second-order valence-electron chi connectivity index (χ2n) is 4.22. The van der Waals surface area contributed by atoms with Crippen molar-refractivity contribution >= 4 is 5.91 Å². The van der Waals surface area contributed by atoms with Crippen LogP contribution < -0.4 is 5.32 Å². The summed E-state index contributed by atoms with van der Waals surface area (Å²) in [6.45, 7) is 6.30. The molecule has 2 saturated heterocycles. The Bertz CT molecular complexity index is 226. The Morgan fingerprint density at radius 1 is 1.64 bits per heavy atom. The average Bonchev–Trinajstić information content (AvgIpc) is 2.75. The van der Waals surface area contributed by atoms with Gasteiger partial charge >= 0.3 is 0 Å². The highest BCUT2D eigenvalue weighted by Crippen LogP contribution is 2.23. The van der Waals surface area contributed by atoms with Crippen LogP contribution in [-0.4, -0.2) is 42.8 Å². The summed E-state index contributed by atoms with van der Waals surface area (Å²) in [5.74, 6) is 0.734. The monoisotopic (exact) mass is 198 g/mol. The van der Waals surface area contributed by atoms with E-state index >= 15 is 0 Å². The molecule has 0 bridgehead atoms. The van der Waals surface area contributed by atoms with Crippen LogP contribution in [0.1, 0.15) is 20.3 Å². The highest BCUT2D eigenvalue weighted by atomic mass is 16.5. The van der Waals surface area contributed by atoms with E-state index in [1.165, 1.54) is 0 Å². The molecule has 1 N–H and O–H groups in total. The predicted octanol–water partition coefficient (Wildman–Crippen LogP) is 0.189. The molecule has 2 rings (SSSR count). The summed E-state index contributed by atoms with van der Waals surface area (Å²) in [7, 11) is 0. The summed E-state index contributed by atoms with van der Waals surface area (Å²) in [5, 5.41) is 3.16. The molecule has 0 aromatic rings. The van der Waals surface area contributed by atoms with Crippen molar-refractivity contribution in [1.82, 2.24) is 10.2 Å². The van der Waals surface area contributed by atoms with Crippen molar-refractivity contribution in [2.24, 2.45) is 5.92 Å². The molecule has 0 aromatic heterocycles. The van der Waals surface area contributed by atoms with Crippen molar-refractivity contribution in [3.05, 3.63) is 0 Å². The molecule has 4 nitrogen and oxygen atoms in total. The Hall–Kier alpha value is -0.610. The molecule has 0 radical (unpaired) electrons. The van der Waals surface area contributed by atoms with Crippen molar-refractivity contribution in [3.8, 4) is 0 Å². The van der Waals surface area contributed by atoms with Crippen LogP contribution in [0.4, 0.5) is 0 Å². The van der Waals surface area contributed by atoms with E-state index in [0.717, 1.165) is 19.6 Å². The van der Waals surface area contributed by atoms with Gasteiger partial charge in [-0.15, -0.1) is 0 Å². The number of carbonyl (C=O) groups excluding carboxylic acids is 1. The fourth-order valence-electron chi connectivity index (χ4n) is 2.38. The molecular weight excluding hydrogens is 180 g/mol. The van der Waals surface area contributed by atoms with Crippen LogP contribution in [0.2, 0.25) is 0 Å². The normalized spacial score (nSPS) is 35.3. The second kappa shape index (κ2) is 3.87. The minimum atomic E-state index is 0.179. The molecule has 3 atom stereocenters. The van der Waals surface area contributed by atoms with Crippen LogP contribution in [0.15, 0.2) is 0 Å². The van der Waals surface area contributed by atoms with Gasteiger partial charge in [-0.25, -0.2) is 0 Å². The first kappa shape index (κ1) is 9.93. The SMILES string of the molecule is CC1NCC(=O)N1C(C)C1CCOC1. The molecule has 0 aromatic carbocycles. The van der Waals surface area contributed by atoms with Gasteiger partial charge in [0.05, 0.1) is 19.3 Å².